The number of halogens is 3. The van der Waals surface area contributed by atoms with E-state index < -0.39 is 24.5 Å². The molecule has 0 radical (unpaired) electrons. The van der Waals surface area contributed by atoms with Gasteiger partial charge in [0.15, 0.2) is 0 Å². The van der Waals surface area contributed by atoms with Crippen molar-refractivity contribution in [3.63, 3.8) is 0 Å². The van der Waals surface area contributed by atoms with Crippen molar-refractivity contribution >= 4 is 11.8 Å². The molecule has 1 aliphatic heterocycles. The van der Waals surface area contributed by atoms with E-state index >= 15 is 0 Å². The van der Waals surface area contributed by atoms with Crippen LogP contribution in [0.5, 0.6) is 0 Å². The van der Waals surface area contributed by atoms with Crippen LogP contribution in [0.3, 0.4) is 0 Å². The van der Waals surface area contributed by atoms with Crippen LogP contribution in [0.2, 0.25) is 0 Å². The molecule has 0 bridgehead atoms. The van der Waals surface area contributed by atoms with E-state index in [2.05, 4.69) is 13.8 Å². The number of likely N-dealkylation sites (tertiary alicyclic amines) is 1. The second-order valence-electron chi connectivity index (χ2n) is 5.75. The first-order valence-corrected chi connectivity index (χ1v) is 7.37. The van der Waals surface area contributed by atoms with E-state index in [4.69, 9.17) is 0 Å². The Labute approximate surface area is 123 Å². The van der Waals surface area contributed by atoms with Gasteiger partial charge in [-0.15, -0.1) is 0 Å². The molecule has 122 valence electrons. The first-order chi connectivity index (χ1) is 9.74. The largest absolute Gasteiger partial charge is 0.471 e. The molecule has 0 unspecified atom stereocenters. The Balaban J connectivity index is 2.52. The second-order valence-corrected chi connectivity index (χ2v) is 5.75. The molecule has 1 heterocycles. The van der Waals surface area contributed by atoms with Crippen molar-refractivity contribution in [2.75, 3.05) is 19.6 Å². The van der Waals surface area contributed by atoms with Crippen molar-refractivity contribution in [2.45, 2.75) is 52.1 Å². The van der Waals surface area contributed by atoms with Gasteiger partial charge in [-0.3, -0.25) is 9.59 Å². The highest BCUT2D eigenvalue weighted by molar-refractivity contribution is 5.87. The third-order valence-electron chi connectivity index (χ3n) is 4.01. The number of nitrogens with one attached hydrogen (secondary N) is 1. The van der Waals surface area contributed by atoms with E-state index in [0.29, 0.717) is 13.1 Å². The van der Waals surface area contributed by atoms with Crippen LogP contribution in [-0.4, -0.2) is 42.5 Å². The number of hydrogen-bond acceptors (Lipinski definition) is 2. The average Bonchev–Trinajstić information content (AvgIpc) is 2.79. The first kappa shape index (κ1) is 17.8. The smallest absolute Gasteiger partial charge is 0.341 e. The van der Waals surface area contributed by atoms with Crippen LogP contribution < -0.4 is 5.32 Å². The normalized spacial score (nSPS) is 17.9. The predicted octanol–water partition coefficient (Wildman–Crippen LogP) is 2.48. The van der Waals surface area contributed by atoms with Gasteiger partial charge >= 0.3 is 12.1 Å². The highest BCUT2D eigenvalue weighted by Crippen LogP contribution is 2.39. The summed E-state index contributed by atoms with van der Waals surface area (Å²) in [6.45, 7) is 4.72. The minimum Gasteiger partial charge on any atom is -0.341 e. The summed E-state index contributed by atoms with van der Waals surface area (Å²) in [5.41, 5.74) is 0.0905. The highest BCUT2D eigenvalue weighted by atomic mass is 19.4. The lowest BCUT2D eigenvalue weighted by atomic mass is 9.79. The molecule has 7 heteroatoms. The fourth-order valence-corrected chi connectivity index (χ4v) is 3.11. The van der Waals surface area contributed by atoms with Crippen molar-refractivity contribution in [3.05, 3.63) is 0 Å². The quantitative estimate of drug-likeness (QED) is 0.819. The number of carbonyl (C=O) groups is 2. The van der Waals surface area contributed by atoms with Gasteiger partial charge in [0.2, 0.25) is 5.91 Å². The van der Waals surface area contributed by atoms with Gasteiger partial charge in [-0.05, 0) is 24.7 Å². The zero-order chi connectivity index (χ0) is 16.1. The van der Waals surface area contributed by atoms with Crippen molar-refractivity contribution in [1.82, 2.24) is 10.2 Å². The molecular weight excluding hydrogens is 285 g/mol. The second kappa shape index (κ2) is 7.13. The van der Waals surface area contributed by atoms with E-state index in [1.54, 1.807) is 10.2 Å². The maximum absolute atomic E-state index is 12.1. The maximum Gasteiger partial charge on any atom is 0.471 e. The minimum atomic E-state index is -4.94. The molecule has 2 amide bonds. The predicted molar refractivity (Wildman–Crippen MR) is 72.5 cm³/mol. The Morgan fingerprint density at radius 2 is 1.76 bits per heavy atom. The van der Waals surface area contributed by atoms with Gasteiger partial charge in [0, 0.05) is 13.1 Å². The van der Waals surface area contributed by atoms with Crippen LogP contribution in [0.4, 0.5) is 13.2 Å². The Bertz CT molecular complexity index is 377. The molecule has 0 saturated carbocycles. The number of hydrogen-bond donors (Lipinski definition) is 1. The van der Waals surface area contributed by atoms with Crippen molar-refractivity contribution in [2.24, 2.45) is 5.41 Å². The summed E-state index contributed by atoms with van der Waals surface area (Å²) < 4.78 is 36.2. The van der Waals surface area contributed by atoms with E-state index in [1.165, 1.54) is 0 Å². The third kappa shape index (κ3) is 4.89. The van der Waals surface area contributed by atoms with Gasteiger partial charge < -0.3 is 10.2 Å². The SMILES string of the molecule is CCCC1(CCC)CCN(C(=O)CNC(=O)C(F)(F)F)C1. The molecule has 0 aromatic carbocycles. The number of carbonyl (C=O) groups excluding carboxylic acids is 2. The fourth-order valence-electron chi connectivity index (χ4n) is 3.11. The summed E-state index contributed by atoms with van der Waals surface area (Å²) in [6.07, 6.45) is 0.00580. The zero-order valence-electron chi connectivity index (χ0n) is 12.6. The Kier molecular flexibility index (Phi) is 6.04. The van der Waals surface area contributed by atoms with Crippen LogP contribution in [0.25, 0.3) is 0 Å². The van der Waals surface area contributed by atoms with Crippen LogP contribution in [-0.2, 0) is 9.59 Å². The van der Waals surface area contributed by atoms with Crippen molar-refractivity contribution in [3.8, 4) is 0 Å². The summed E-state index contributed by atoms with van der Waals surface area (Å²) in [5.74, 6) is -2.51. The summed E-state index contributed by atoms with van der Waals surface area (Å²) in [4.78, 5) is 24.2. The van der Waals surface area contributed by atoms with Gasteiger partial charge in [0.25, 0.3) is 0 Å². The van der Waals surface area contributed by atoms with E-state index in [9.17, 15) is 22.8 Å². The number of amides is 2. The third-order valence-corrected chi connectivity index (χ3v) is 4.01. The molecule has 4 nitrogen and oxygen atoms in total. The highest BCUT2D eigenvalue weighted by Gasteiger charge is 2.40. The lowest BCUT2D eigenvalue weighted by Gasteiger charge is -2.28. The molecule has 1 N–H and O–H groups in total. The van der Waals surface area contributed by atoms with Crippen LogP contribution in [0.15, 0.2) is 0 Å². The van der Waals surface area contributed by atoms with Crippen molar-refractivity contribution < 1.29 is 22.8 Å². The van der Waals surface area contributed by atoms with Crippen LogP contribution in [0.1, 0.15) is 46.0 Å². The molecule has 0 aliphatic carbocycles. The van der Waals surface area contributed by atoms with Crippen LogP contribution >= 0.6 is 0 Å². The van der Waals surface area contributed by atoms with Gasteiger partial charge in [0.05, 0.1) is 6.54 Å². The Morgan fingerprint density at radius 1 is 1.19 bits per heavy atom. The number of nitrogens with zero attached hydrogens (tertiary/aromatic N) is 1. The van der Waals surface area contributed by atoms with Crippen LogP contribution in [0, 0.1) is 5.41 Å². The Hall–Kier alpha value is -1.27. The van der Waals surface area contributed by atoms with E-state index in [-0.39, 0.29) is 5.41 Å². The molecule has 21 heavy (non-hydrogen) atoms. The lowest BCUT2D eigenvalue weighted by Crippen LogP contribution is -2.44. The molecule has 1 rings (SSSR count). The van der Waals surface area contributed by atoms with Gasteiger partial charge in [-0.25, -0.2) is 0 Å². The summed E-state index contributed by atoms with van der Waals surface area (Å²) in [7, 11) is 0. The van der Waals surface area contributed by atoms with E-state index in [0.717, 1.165) is 32.1 Å². The summed E-state index contributed by atoms with van der Waals surface area (Å²) in [6, 6.07) is 0. The standard InChI is InChI=1S/C14H23F3N2O2/c1-3-5-13(6-4-2)7-8-19(10-13)11(20)9-18-12(21)14(15,16)17/h3-10H2,1-2H3,(H,18,21). The summed E-state index contributed by atoms with van der Waals surface area (Å²) in [5, 5.41) is 1.64. The maximum atomic E-state index is 12.1. The number of alkyl halides is 3. The minimum absolute atomic E-state index is 0.0905. The monoisotopic (exact) mass is 308 g/mol. The fraction of sp³-hybridized carbons (Fsp3) is 0.857. The molecule has 1 aliphatic rings. The molecule has 0 aromatic heterocycles. The van der Waals surface area contributed by atoms with E-state index in [1.807, 2.05) is 0 Å². The molecule has 0 spiro atoms. The topological polar surface area (TPSA) is 49.4 Å². The first-order valence-electron chi connectivity index (χ1n) is 7.37. The van der Waals surface area contributed by atoms with Gasteiger partial charge in [0.1, 0.15) is 0 Å². The molecular formula is C14H23F3N2O2. The van der Waals surface area contributed by atoms with Gasteiger partial charge in [-0.2, -0.15) is 13.2 Å². The van der Waals surface area contributed by atoms with Gasteiger partial charge in [-0.1, -0.05) is 26.7 Å². The zero-order valence-corrected chi connectivity index (χ0v) is 12.6. The molecule has 0 aromatic rings. The Morgan fingerprint density at radius 3 is 2.24 bits per heavy atom. The number of rotatable bonds is 6. The average molecular weight is 308 g/mol. The molecule has 0 atom stereocenters. The summed E-state index contributed by atoms with van der Waals surface area (Å²) >= 11 is 0. The van der Waals surface area contributed by atoms with Crippen molar-refractivity contribution in [1.29, 1.82) is 0 Å². The molecule has 1 fully saturated rings. The lowest BCUT2D eigenvalue weighted by molar-refractivity contribution is -0.174. The molecule has 1 saturated heterocycles.